The summed E-state index contributed by atoms with van der Waals surface area (Å²) in [5.41, 5.74) is -0.281. The number of rotatable bonds is 7. The van der Waals surface area contributed by atoms with E-state index >= 15 is 0 Å². The van der Waals surface area contributed by atoms with E-state index in [1.165, 1.54) is 6.26 Å². The molecule has 0 aromatic heterocycles. The molecule has 0 amide bonds. The van der Waals surface area contributed by atoms with Crippen LogP contribution in [0, 0.1) is 16.7 Å². The molecule has 0 N–H and O–H groups in total. The Hall–Kier alpha value is -1.54. The van der Waals surface area contributed by atoms with E-state index in [1.54, 1.807) is 24.3 Å². The van der Waals surface area contributed by atoms with Crippen LogP contribution in [-0.2, 0) is 9.84 Å². The van der Waals surface area contributed by atoms with Gasteiger partial charge in [-0.05, 0) is 57.4 Å². The molecule has 20 heavy (non-hydrogen) atoms. The molecule has 0 atom stereocenters. The molecule has 4 nitrogen and oxygen atoms in total. The van der Waals surface area contributed by atoms with E-state index in [4.69, 9.17) is 10.00 Å². The molecule has 5 heteroatoms. The highest BCUT2D eigenvalue weighted by molar-refractivity contribution is 7.90. The van der Waals surface area contributed by atoms with Crippen LogP contribution < -0.4 is 4.74 Å². The number of nitrogens with zero attached hydrogens (tertiary/aromatic N) is 1. The Kier molecular flexibility index (Phi) is 5.58. The molecule has 0 saturated carbocycles. The first-order valence-corrected chi connectivity index (χ1v) is 8.48. The fourth-order valence-corrected chi connectivity index (χ4v) is 2.33. The van der Waals surface area contributed by atoms with E-state index in [-0.39, 0.29) is 5.41 Å². The molecule has 0 aliphatic rings. The Labute approximate surface area is 121 Å². The number of hydrogen-bond donors (Lipinski definition) is 0. The van der Waals surface area contributed by atoms with Crippen LogP contribution in [0.3, 0.4) is 0 Å². The quantitative estimate of drug-likeness (QED) is 0.724. The van der Waals surface area contributed by atoms with Crippen molar-refractivity contribution in [3.8, 4) is 11.8 Å². The second-order valence-electron chi connectivity index (χ2n) is 5.54. The van der Waals surface area contributed by atoms with Crippen molar-refractivity contribution in [1.82, 2.24) is 0 Å². The SMILES string of the molecule is CC(C)(C#N)CCCCOc1ccc(S(C)(=O)=O)cc1. The van der Waals surface area contributed by atoms with Gasteiger partial charge in [-0.1, -0.05) is 0 Å². The highest BCUT2D eigenvalue weighted by Gasteiger charge is 2.15. The predicted molar refractivity (Wildman–Crippen MR) is 78.3 cm³/mol. The van der Waals surface area contributed by atoms with Gasteiger partial charge in [0, 0.05) is 6.26 Å². The predicted octanol–water partition coefficient (Wildman–Crippen LogP) is 3.19. The molecule has 110 valence electrons. The van der Waals surface area contributed by atoms with Gasteiger partial charge in [0.2, 0.25) is 0 Å². The Bertz CT molecular complexity index is 568. The normalized spacial score (nSPS) is 11.9. The van der Waals surface area contributed by atoms with Crippen molar-refractivity contribution in [2.75, 3.05) is 12.9 Å². The molecule has 0 bridgehead atoms. The number of hydrogen-bond acceptors (Lipinski definition) is 4. The minimum Gasteiger partial charge on any atom is -0.494 e. The third-order valence-corrected chi connectivity index (χ3v) is 4.15. The van der Waals surface area contributed by atoms with Crippen LogP contribution in [0.15, 0.2) is 29.2 Å². The molecule has 0 radical (unpaired) electrons. The van der Waals surface area contributed by atoms with Crippen molar-refractivity contribution in [3.63, 3.8) is 0 Å². The lowest BCUT2D eigenvalue weighted by Crippen LogP contribution is -2.08. The number of unbranched alkanes of at least 4 members (excludes halogenated alkanes) is 1. The first-order valence-electron chi connectivity index (χ1n) is 6.59. The van der Waals surface area contributed by atoms with Crippen LogP contribution in [-0.4, -0.2) is 21.3 Å². The van der Waals surface area contributed by atoms with Gasteiger partial charge in [-0.3, -0.25) is 0 Å². The second kappa shape index (κ2) is 6.76. The Morgan fingerprint density at radius 2 is 1.80 bits per heavy atom. The molecule has 1 rings (SSSR count). The van der Waals surface area contributed by atoms with E-state index in [0.29, 0.717) is 17.3 Å². The lowest BCUT2D eigenvalue weighted by molar-refractivity contribution is 0.295. The second-order valence-corrected chi connectivity index (χ2v) is 7.56. The van der Waals surface area contributed by atoms with Gasteiger partial charge < -0.3 is 4.74 Å². The summed E-state index contributed by atoms with van der Waals surface area (Å²) in [6.07, 6.45) is 3.83. The molecule has 0 unspecified atom stereocenters. The number of benzene rings is 1. The van der Waals surface area contributed by atoms with Gasteiger partial charge in [0.15, 0.2) is 9.84 Å². The molecule has 1 aromatic carbocycles. The highest BCUT2D eigenvalue weighted by Crippen LogP contribution is 2.22. The zero-order valence-electron chi connectivity index (χ0n) is 12.2. The van der Waals surface area contributed by atoms with E-state index < -0.39 is 9.84 Å². The summed E-state index contributed by atoms with van der Waals surface area (Å²) in [6, 6.07) is 8.69. The minimum absolute atomic E-state index is 0.281. The van der Waals surface area contributed by atoms with Gasteiger partial charge in [0.1, 0.15) is 5.75 Å². The van der Waals surface area contributed by atoms with Crippen LogP contribution in [0.4, 0.5) is 0 Å². The Morgan fingerprint density at radius 3 is 2.30 bits per heavy atom. The molecule has 0 aliphatic carbocycles. The van der Waals surface area contributed by atoms with Gasteiger partial charge in [0.25, 0.3) is 0 Å². The third-order valence-electron chi connectivity index (χ3n) is 3.02. The average Bonchev–Trinajstić information content (AvgIpc) is 2.38. The average molecular weight is 295 g/mol. The van der Waals surface area contributed by atoms with E-state index in [0.717, 1.165) is 19.3 Å². The fourth-order valence-electron chi connectivity index (χ4n) is 1.70. The summed E-state index contributed by atoms with van der Waals surface area (Å²) in [6.45, 7) is 4.43. The number of sulfone groups is 1. The maximum absolute atomic E-state index is 11.3. The van der Waals surface area contributed by atoms with Crippen LogP contribution in [0.25, 0.3) is 0 Å². The molecule has 0 aliphatic heterocycles. The van der Waals surface area contributed by atoms with Crippen LogP contribution in [0.1, 0.15) is 33.1 Å². The van der Waals surface area contributed by atoms with Gasteiger partial charge in [-0.2, -0.15) is 5.26 Å². The third kappa shape index (κ3) is 5.62. The molecule has 0 saturated heterocycles. The Morgan fingerprint density at radius 1 is 1.20 bits per heavy atom. The molecular formula is C15H21NO3S. The molecule has 0 heterocycles. The zero-order valence-corrected chi connectivity index (χ0v) is 13.0. The Balaban J connectivity index is 2.35. The largest absolute Gasteiger partial charge is 0.494 e. The number of nitriles is 1. The summed E-state index contributed by atoms with van der Waals surface area (Å²) in [5, 5.41) is 8.89. The lowest BCUT2D eigenvalue weighted by Gasteiger charge is -2.14. The highest BCUT2D eigenvalue weighted by atomic mass is 32.2. The van der Waals surface area contributed by atoms with E-state index in [1.807, 2.05) is 13.8 Å². The fraction of sp³-hybridized carbons (Fsp3) is 0.533. The summed E-state index contributed by atoms with van der Waals surface area (Å²) in [4.78, 5) is 0.292. The van der Waals surface area contributed by atoms with Crippen molar-refractivity contribution >= 4 is 9.84 Å². The maximum atomic E-state index is 11.3. The van der Waals surface area contributed by atoms with Crippen molar-refractivity contribution < 1.29 is 13.2 Å². The summed E-state index contributed by atoms with van der Waals surface area (Å²) >= 11 is 0. The van der Waals surface area contributed by atoms with Crippen LogP contribution >= 0.6 is 0 Å². The molecular weight excluding hydrogens is 274 g/mol. The van der Waals surface area contributed by atoms with Gasteiger partial charge in [-0.25, -0.2) is 8.42 Å². The van der Waals surface area contributed by atoms with Gasteiger partial charge >= 0.3 is 0 Å². The lowest BCUT2D eigenvalue weighted by atomic mass is 9.89. The van der Waals surface area contributed by atoms with Crippen molar-refractivity contribution in [3.05, 3.63) is 24.3 Å². The van der Waals surface area contributed by atoms with Crippen LogP contribution in [0.5, 0.6) is 5.75 Å². The number of ether oxygens (including phenoxy) is 1. The maximum Gasteiger partial charge on any atom is 0.175 e. The first-order chi connectivity index (χ1) is 9.24. The zero-order chi connectivity index (χ0) is 15.2. The topological polar surface area (TPSA) is 67.2 Å². The molecule has 0 spiro atoms. The van der Waals surface area contributed by atoms with E-state index in [2.05, 4.69) is 6.07 Å². The standard InChI is InChI=1S/C15H21NO3S/c1-15(2,12-16)10-4-5-11-19-13-6-8-14(9-7-13)20(3,17)18/h6-9H,4-5,10-11H2,1-3H3. The smallest absolute Gasteiger partial charge is 0.175 e. The molecule has 1 aromatic rings. The summed E-state index contributed by atoms with van der Waals surface area (Å²) in [7, 11) is -3.15. The summed E-state index contributed by atoms with van der Waals surface area (Å²) < 4.78 is 28.1. The summed E-state index contributed by atoms with van der Waals surface area (Å²) in [5.74, 6) is 0.664. The first kappa shape index (κ1) is 16.5. The minimum atomic E-state index is -3.15. The van der Waals surface area contributed by atoms with Crippen molar-refractivity contribution in [1.29, 1.82) is 5.26 Å². The van der Waals surface area contributed by atoms with Crippen molar-refractivity contribution in [2.24, 2.45) is 5.41 Å². The van der Waals surface area contributed by atoms with E-state index in [9.17, 15) is 8.42 Å². The van der Waals surface area contributed by atoms with Crippen molar-refractivity contribution in [2.45, 2.75) is 38.0 Å². The van der Waals surface area contributed by atoms with Crippen LogP contribution in [0.2, 0.25) is 0 Å². The van der Waals surface area contributed by atoms with Gasteiger partial charge in [-0.15, -0.1) is 0 Å². The van der Waals surface area contributed by atoms with Gasteiger partial charge in [0.05, 0.1) is 23.0 Å². The molecule has 0 fully saturated rings. The monoisotopic (exact) mass is 295 g/mol.